The largest absolute Gasteiger partial charge is 0.235 e. The Kier molecular flexibility index (Phi) is 12.3. The van der Waals surface area contributed by atoms with Crippen LogP contribution in [0.2, 0.25) is 10.0 Å². The van der Waals surface area contributed by atoms with Gasteiger partial charge < -0.3 is 0 Å². The predicted octanol–water partition coefficient (Wildman–Crippen LogP) is 12.8. The summed E-state index contributed by atoms with van der Waals surface area (Å²) in [5, 5.41) is 1.92. The molecular formula is C44H29Cl2F3N2O4S4. The second kappa shape index (κ2) is 17.2. The fraction of sp³-hybridized carbons (Fsp3) is 0.0455. The maximum atomic E-state index is 13.6. The smallest absolute Gasteiger partial charge is 0.175 e. The highest BCUT2D eigenvalue weighted by Crippen LogP contribution is 2.43. The van der Waals surface area contributed by atoms with Crippen molar-refractivity contribution in [3.05, 3.63) is 167 Å². The van der Waals surface area contributed by atoms with Crippen molar-refractivity contribution in [1.82, 2.24) is 9.97 Å². The van der Waals surface area contributed by atoms with Gasteiger partial charge in [0.2, 0.25) is 0 Å². The molecule has 8 aromatic rings. The Morgan fingerprint density at radius 3 is 1.32 bits per heavy atom. The van der Waals surface area contributed by atoms with Crippen LogP contribution >= 0.6 is 45.9 Å². The van der Waals surface area contributed by atoms with Gasteiger partial charge in [0.15, 0.2) is 19.7 Å². The number of halogens is 5. The minimum absolute atomic E-state index is 0.00918. The number of thiazole rings is 2. The van der Waals surface area contributed by atoms with Crippen molar-refractivity contribution < 1.29 is 30.0 Å². The first-order chi connectivity index (χ1) is 28.0. The van der Waals surface area contributed by atoms with E-state index in [1.54, 1.807) is 72.8 Å². The van der Waals surface area contributed by atoms with E-state index in [4.69, 9.17) is 33.2 Å². The van der Waals surface area contributed by atoms with E-state index in [9.17, 15) is 30.0 Å². The van der Waals surface area contributed by atoms with Crippen molar-refractivity contribution in [3.63, 3.8) is 0 Å². The molecule has 0 fully saturated rings. The van der Waals surface area contributed by atoms with Crippen LogP contribution < -0.4 is 0 Å². The maximum Gasteiger partial charge on any atom is 0.175 e. The van der Waals surface area contributed by atoms with E-state index in [1.165, 1.54) is 77.5 Å². The van der Waals surface area contributed by atoms with Gasteiger partial charge in [-0.05, 0) is 108 Å². The number of benzene rings is 6. The minimum Gasteiger partial charge on any atom is -0.235 e. The summed E-state index contributed by atoms with van der Waals surface area (Å²) in [5.41, 5.74) is 5.82. The maximum absolute atomic E-state index is 13.6. The summed E-state index contributed by atoms with van der Waals surface area (Å²) in [5.74, 6) is -1.21. The molecule has 59 heavy (non-hydrogen) atoms. The lowest BCUT2D eigenvalue weighted by molar-refractivity contribution is 0.600. The third-order valence-corrected chi connectivity index (χ3v) is 14.0. The van der Waals surface area contributed by atoms with E-state index in [-0.39, 0.29) is 26.4 Å². The molecule has 0 N–H and O–H groups in total. The van der Waals surface area contributed by atoms with E-state index < -0.39 is 25.5 Å². The SMILES string of the molecule is CS(=O)(=O)c1ccc(-c2sc(-c3ccc(F)c(Cl)c3)nc2-c2ccc(F)cc2)cc1.CS(=O)(=O)c1ccc(-c2sc(-c3ccccc3Cl)nc2-c2ccc(F)cc2)cc1. The van der Waals surface area contributed by atoms with Crippen molar-refractivity contribution >= 4 is 65.5 Å². The van der Waals surface area contributed by atoms with Gasteiger partial charge in [-0.3, -0.25) is 0 Å². The lowest BCUT2D eigenvalue weighted by Crippen LogP contribution is -1.96. The van der Waals surface area contributed by atoms with Gasteiger partial charge in [-0.1, -0.05) is 65.7 Å². The lowest BCUT2D eigenvalue weighted by Gasteiger charge is -2.04. The summed E-state index contributed by atoms with van der Waals surface area (Å²) >= 11 is 15.1. The van der Waals surface area contributed by atoms with Gasteiger partial charge in [0.05, 0.1) is 41.0 Å². The molecule has 0 spiro atoms. The molecule has 15 heteroatoms. The summed E-state index contributed by atoms with van der Waals surface area (Å²) in [6.45, 7) is 0. The number of sulfone groups is 2. The molecule has 6 nitrogen and oxygen atoms in total. The average molecular weight is 906 g/mol. The van der Waals surface area contributed by atoms with E-state index in [1.807, 2.05) is 18.2 Å². The van der Waals surface area contributed by atoms with Gasteiger partial charge >= 0.3 is 0 Å². The van der Waals surface area contributed by atoms with Crippen molar-refractivity contribution in [2.75, 3.05) is 12.5 Å². The van der Waals surface area contributed by atoms with Crippen molar-refractivity contribution in [1.29, 1.82) is 0 Å². The monoisotopic (exact) mass is 904 g/mol. The molecule has 0 radical (unpaired) electrons. The summed E-state index contributed by atoms with van der Waals surface area (Å²) in [6, 6.07) is 37.0. The first-order valence-corrected chi connectivity index (χ1v) is 23.6. The first kappa shape index (κ1) is 42.0. The molecule has 298 valence electrons. The van der Waals surface area contributed by atoms with E-state index in [2.05, 4.69) is 0 Å². The van der Waals surface area contributed by atoms with Crippen LogP contribution in [-0.2, 0) is 19.7 Å². The van der Waals surface area contributed by atoms with Gasteiger partial charge in [0, 0.05) is 34.8 Å². The summed E-state index contributed by atoms with van der Waals surface area (Å²) in [6.07, 6.45) is 2.32. The zero-order valence-electron chi connectivity index (χ0n) is 30.8. The molecule has 0 bridgehead atoms. The number of rotatable bonds is 8. The van der Waals surface area contributed by atoms with Crippen LogP contribution in [0.5, 0.6) is 0 Å². The Morgan fingerprint density at radius 2 is 0.881 bits per heavy atom. The molecule has 0 atom stereocenters. The Bertz CT molecular complexity index is 3030. The molecular weight excluding hydrogens is 877 g/mol. The highest BCUT2D eigenvalue weighted by molar-refractivity contribution is 7.91. The highest BCUT2D eigenvalue weighted by atomic mass is 35.5. The summed E-state index contributed by atoms with van der Waals surface area (Å²) in [4.78, 5) is 11.6. The normalized spacial score (nSPS) is 11.6. The molecule has 2 heterocycles. The zero-order valence-corrected chi connectivity index (χ0v) is 35.6. The number of hydrogen-bond donors (Lipinski definition) is 0. The second-order valence-electron chi connectivity index (χ2n) is 13.1. The topological polar surface area (TPSA) is 94.1 Å². The Morgan fingerprint density at radius 1 is 0.475 bits per heavy atom. The van der Waals surface area contributed by atoms with Crippen molar-refractivity contribution in [3.8, 4) is 64.5 Å². The molecule has 0 saturated carbocycles. The molecule has 8 rings (SSSR count). The average Bonchev–Trinajstić information content (AvgIpc) is 3.86. The molecule has 0 amide bonds. The van der Waals surface area contributed by atoms with E-state index in [0.717, 1.165) is 43.3 Å². The second-order valence-corrected chi connectivity index (χ2v) is 20.0. The third kappa shape index (κ3) is 9.67. The van der Waals surface area contributed by atoms with Crippen LogP contribution in [0.3, 0.4) is 0 Å². The van der Waals surface area contributed by atoms with Crippen LogP contribution in [-0.4, -0.2) is 39.3 Å². The van der Waals surface area contributed by atoms with Gasteiger partial charge in [-0.25, -0.2) is 40.0 Å². The molecule has 0 saturated heterocycles. The quantitative estimate of drug-likeness (QED) is 0.151. The van der Waals surface area contributed by atoms with Crippen LogP contribution in [0.1, 0.15) is 0 Å². The lowest BCUT2D eigenvalue weighted by atomic mass is 10.1. The third-order valence-electron chi connectivity index (χ3n) is 8.85. The first-order valence-electron chi connectivity index (χ1n) is 17.4. The molecule has 2 aromatic heterocycles. The fourth-order valence-corrected chi connectivity index (χ4v) is 9.79. The van der Waals surface area contributed by atoms with Crippen molar-refractivity contribution in [2.24, 2.45) is 0 Å². The molecule has 0 aliphatic rings. The van der Waals surface area contributed by atoms with Gasteiger partial charge in [0.1, 0.15) is 27.5 Å². The molecule has 0 unspecified atom stereocenters. The summed E-state index contributed by atoms with van der Waals surface area (Å²) < 4.78 is 87.4. The van der Waals surface area contributed by atoms with Crippen LogP contribution in [0.25, 0.3) is 64.5 Å². The van der Waals surface area contributed by atoms with Crippen LogP contribution in [0.4, 0.5) is 13.2 Å². The Labute approximate surface area is 357 Å². The van der Waals surface area contributed by atoms with E-state index in [0.29, 0.717) is 32.5 Å². The predicted molar refractivity (Wildman–Crippen MR) is 233 cm³/mol. The molecule has 6 aromatic carbocycles. The minimum atomic E-state index is -3.32. The van der Waals surface area contributed by atoms with Gasteiger partial charge in [0.25, 0.3) is 0 Å². The standard InChI is InChI=1S/C22H14ClF2NO2S2.C22H15ClFNO2S2/c1-30(27,28)17-9-4-14(5-10-17)21-20(13-2-7-16(24)8-3-13)26-22(29-21)15-6-11-19(25)18(23)12-15;1-29(26,27)17-12-8-15(9-13-17)21-20(14-6-10-16(24)11-7-14)25-22(28-21)18-4-2-3-5-19(18)23/h2-12H,1H3;2-13H,1H3. The molecule has 0 aliphatic carbocycles. The van der Waals surface area contributed by atoms with Crippen LogP contribution in [0.15, 0.2) is 149 Å². The van der Waals surface area contributed by atoms with Gasteiger partial charge in [-0.2, -0.15) is 0 Å². The highest BCUT2D eigenvalue weighted by Gasteiger charge is 2.20. The van der Waals surface area contributed by atoms with E-state index >= 15 is 0 Å². The molecule has 0 aliphatic heterocycles. The summed E-state index contributed by atoms with van der Waals surface area (Å²) in [7, 11) is -6.60. The van der Waals surface area contributed by atoms with Crippen LogP contribution in [0, 0.1) is 17.5 Å². The Balaban J connectivity index is 0.000000179. The van der Waals surface area contributed by atoms with Crippen molar-refractivity contribution in [2.45, 2.75) is 9.79 Å². The van der Waals surface area contributed by atoms with Gasteiger partial charge in [-0.15, -0.1) is 22.7 Å². The fourth-order valence-electron chi connectivity index (χ4n) is 5.85. The number of hydrogen-bond acceptors (Lipinski definition) is 8. The zero-order chi connectivity index (χ0) is 42.1. The number of aromatic nitrogens is 2. The Hall–Kier alpha value is -5.15. The number of nitrogens with zero attached hydrogens (tertiary/aromatic N) is 2.